The van der Waals surface area contributed by atoms with Gasteiger partial charge in [-0.3, -0.25) is 0 Å². The van der Waals surface area contributed by atoms with E-state index in [4.69, 9.17) is 11.6 Å². The number of hydrogen-bond acceptors (Lipinski definition) is 2. The quantitative estimate of drug-likeness (QED) is 0.756. The Balaban J connectivity index is 2.61. The van der Waals surface area contributed by atoms with Gasteiger partial charge in [0.2, 0.25) is 0 Å². The fourth-order valence-electron chi connectivity index (χ4n) is 1.57. The molecule has 0 saturated carbocycles. The fourth-order valence-corrected chi connectivity index (χ4v) is 1.79. The Labute approximate surface area is 104 Å². The van der Waals surface area contributed by atoms with Crippen LogP contribution in [0.1, 0.15) is 16.8 Å². The Hall–Kier alpha value is -1.48. The molecule has 0 spiro atoms. The van der Waals surface area contributed by atoms with Gasteiger partial charge in [-0.05, 0) is 19.4 Å². The maximum absolute atomic E-state index is 12.9. The molecule has 0 fully saturated rings. The molecule has 17 heavy (non-hydrogen) atoms. The minimum atomic E-state index is -0.538. The fraction of sp³-hybridized carbons (Fsp3) is 0.231. The van der Waals surface area contributed by atoms with Crippen molar-refractivity contribution < 1.29 is 4.39 Å². The lowest BCUT2D eigenvalue weighted by molar-refractivity contribution is 0.486. The SMILES string of the molecule is Cc1nc(-c2ccccc2CF)nc(Cl)c1C. The first-order valence-electron chi connectivity index (χ1n) is 5.28. The molecular formula is C13H12ClFN2. The Morgan fingerprint density at radius 2 is 1.88 bits per heavy atom. The predicted octanol–water partition coefficient (Wildman–Crippen LogP) is 3.88. The van der Waals surface area contributed by atoms with E-state index in [0.29, 0.717) is 22.1 Å². The maximum Gasteiger partial charge on any atom is 0.161 e. The van der Waals surface area contributed by atoms with E-state index in [1.807, 2.05) is 19.9 Å². The van der Waals surface area contributed by atoms with Gasteiger partial charge in [-0.1, -0.05) is 35.9 Å². The van der Waals surface area contributed by atoms with Crippen molar-refractivity contribution in [2.45, 2.75) is 20.5 Å². The highest BCUT2D eigenvalue weighted by Crippen LogP contribution is 2.24. The highest BCUT2D eigenvalue weighted by atomic mass is 35.5. The average molecular weight is 251 g/mol. The highest BCUT2D eigenvalue weighted by molar-refractivity contribution is 6.30. The van der Waals surface area contributed by atoms with Crippen molar-refractivity contribution >= 4 is 11.6 Å². The van der Waals surface area contributed by atoms with E-state index >= 15 is 0 Å². The Bertz CT molecular complexity index is 532. The van der Waals surface area contributed by atoms with Crippen molar-refractivity contribution in [1.29, 1.82) is 0 Å². The summed E-state index contributed by atoms with van der Waals surface area (Å²) in [5, 5.41) is 0.418. The van der Waals surface area contributed by atoms with Gasteiger partial charge in [0.1, 0.15) is 11.8 Å². The summed E-state index contributed by atoms with van der Waals surface area (Å²) >= 11 is 6.02. The van der Waals surface area contributed by atoms with E-state index in [-0.39, 0.29) is 0 Å². The van der Waals surface area contributed by atoms with Crippen LogP contribution in [0.5, 0.6) is 0 Å². The molecule has 88 valence electrons. The van der Waals surface area contributed by atoms with Crippen LogP contribution in [0.3, 0.4) is 0 Å². The number of nitrogens with zero attached hydrogens (tertiary/aromatic N) is 2. The topological polar surface area (TPSA) is 25.8 Å². The number of benzene rings is 1. The minimum Gasteiger partial charge on any atom is -0.246 e. The van der Waals surface area contributed by atoms with Crippen LogP contribution in [0.4, 0.5) is 4.39 Å². The molecule has 0 aliphatic heterocycles. The lowest BCUT2D eigenvalue weighted by atomic mass is 10.1. The number of rotatable bonds is 2. The van der Waals surface area contributed by atoms with Gasteiger partial charge < -0.3 is 0 Å². The molecule has 4 heteroatoms. The van der Waals surface area contributed by atoms with E-state index in [2.05, 4.69) is 9.97 Å². The van der Waals surface area contributed by atoms with Gasteiger partial charge in [-0.2, -0.15) is 0 Å². The van der Waals surface area contributed by atoms with Crippen LogP contribution < -0.4 is 0 Å². The monoisotopic (exact) mass is 250 g/mol. The van der Waals surface area contributed by atoms with Crippen LogP contribution in [0, 0.1) is 13.8 Å². The molecule has 0 aliphatic carbocycles. The first-order valence-corrected chi connectivity index (χ1v) is 5.66. The number of alkyl halides is 1. The van der Waals surface area contributed by atoms with E-state index in [1.165, 1.54) is 0 Å². The summed E-state index contributed by atoms with van der Waals surface area (Å²) in [4.78, 5) is 8.55. The summed E-state index contributed by atoms with van der Waals surface area (Å²) in [5.41, 5.74) is 2.94. The van der Waals surface area contributed by atoms with Gasteiger partial charge in [0.15, 0.2) is 5.82 Å². The third-order valence-electron chi connectivity index (χ3n) is 2.73. The molecular weight excluding hydrogens is 239 g/mol. The summed E-state index contributed by atoms with van der Waals surface area (Å²) in [6.45, 7) is 3.19. The van der Waals surface area contributed by atoms with Gasteiger partial charge in [0.05, 0.1) is 0 Å². The largest absolute Gasteiger partial charge is 0.246 e. The third kappa shape index (κ3) is 2.29. The van der Waals surface area contributed by atoms with Crippen LogP contribution in [0.15, 0.2) is 24.3 Å². The lowest BCUT2D eigenvalue weighted by Crippen LogP contribution is -1.98. The third-order valence-corrected chi connectivity index (χ3v) is 3.10. The van der Waals surface area contributed by atoms with Gasteiger partial charge in [-0.15, -0.1) is 0 Å². The zero-order valence-corrected chi connectivity index (χ0v) is 10.4. The summed E-state index contributed by atoms with van der Waals surface area (Å²) < 4.78 is 12.9. The first kappa shape index (κ1) is 12.0. The molecule has 0 unspecified atom stereocenters. The standard InChI is InChI=1S/C13H12ClFN2/c1-8-9(2)16-13(17-12(8)14)11-6-4-3-5-10(11)7-15/h3-6H,7H2,1-2H3. The van der Waals surface area contributed by atoms with E-state index in [1.54, 1.807) is 18.2 Å². The van der Waals surface area contributed by atoms with E-state index in [9.17, 15) is 4.39 Å². The van der Waals surface area contributed by atoms with Crippen molar-refractivity contribution in [3.63, 3.8) is 0 Å². The van der Waals surface area contributed by atoms with Gasteiger partial charge in [-0.25, -0.2) is 14.4 Å². The summed E-state index contributed by atoms with van der Waals surface area (Å²) in [6, 6.07) is 7.15. The Morgan fingerprint density at radius 1 is 1.18 bits per heavy atom. The number of hydrogen-bond donors (Lipinski definition) is 0. The Morgan fingerprint density at radius 3 is 2.53 bits per heavy atom. The molecule has 0 atom stereocenters. The summed E-state index contributed by atoms with van der Waals surface area (Å²) in [7, 11) is 0. The zero-order chi connectivity index (χ0) is 12.4. The van der Waals surface area contributed by atoms with E-state index in [0.717, 1.165) is 11.3 Å². The van der Waals surface area contributed by atoms with Crippen molar-refractivity contribution in [3.05, 3.63) is 46.2 Å². The number of halogens is 2. The minimum absolute atomic E-state index is 0.418. The molecule has 0 radical (unpaired) electrons. The average Bonchev–Trinajstić information content (AvgIpc) is 2.35. The number of aromatic nitrogens is 2. The molecule has 1 heterocycles. The molecule has 0 amide bonds. The lowest BCUT2D eigenvalue weighted by Gasteiger charge is -2.08. The second kappa shape index (κ2) is 4.80. The van der Waals surface area contributed by atoms with Crippen molar-refractivity contribution in [1.82, 2.24) is 9.97 Å². The van der Waals surface area contributed by atoms with Gasteiger partial charge in [0, 0.05) is 16.8 Å². The van der Waals surface area contributed by atoms with Crippen molar-refractivity contribution in [2.75, 3.05) is 0 Å². The molecule has 2 aromatic rings. The maximum atomic E-state index is 12.9. The van der Waals surface area contributed by atoms with Crippen LogP contribution in [0.25, 0.3) is 11.4 Å². The van der Waals surface area contributed by atoms with Gasteiger partial charge >= 0.3 is 0 Å². The van der Waals surface area contributed by atoms with Crippen LogP contribution in [-0.4, -0.2) is 9.97 Å². The van der Waals surface area contributed by atoms with Crippen LogP contribution in [-0.2, 0) is 6.67 Å². The summed E-state index contributed by atoms with van der Waals surface area (Å²) in [5.74, 6) is 0.478. The number of aryl methyl sites for hydroxylation is 1. The molecule has 2 nitrogen and oxygen atoms in total. The Kier molecular flexibility index (Phi) is 3.38. The second-order valence-electron chi connectivity index (χ2n) is 3.84. The highest BCUT2D eigenvalue weighted by Gasteiger charge is 2.11. The molecule has 0 N–H and O–H groups in total. The van der Waals surface area contributed by atoms with Gasteiger partial charge in [0.25, 0.3) is 0 Å². The first-order chi connectivity index (χ1) is 8.13. The van der Waals surface area contributed by atoms with Crippen LogP contribution in [0.2, 0.25) is 5.15 Å². The normalized spacial score (nSPS) is 10.6. The zero-order valence-electron chi connectivity index (χ0n) is 9.67. The van der Waals surface area contributed by atoms with Crippen molar-refractivity contribution in [3.8, 4) is 11.4 Å². The molecule has 0 saturated heterocycles. The molecule has 1 aromatic carbocycles. The summed E-state index contributed by atoms with van der Waals surface area (Å²) in [6.07, 6.45) is 0. The molecule has 0 aliphatic rings. The second-order valence-corrected chi connectivity index (χ2v) is 4.20. The molecule has 0 bridgehead atoms. The van der Waals surface area contributed by atoms with Crippen molar-refractivity contribution in [2.24, 2.45) is 0 Å². The predicted molar refractivity (Wildman–Crippen MR) is 66.8 cm³/mol. The van der Waals surface area contributed by atoms with Crippen LogP contribution >= 0.6 is 11.6 Å². The van der Waals surface area contributed by atoms with E-state index < -0.39 is 6.67 Å². The molecule has 1 aromatic heterocycles. The molecule has 2 rings (SSSR count). The smallest absolute Gasteiger partial charge is 0.161 e.